The first-order valence-electron chi connectivity index (χ1n) is 9.01. The number of benzene rings is 1. The van der Waals surface area contributed by atoms with Crippen LogP contribution in [0.15, 0.2) is 24.3 Å². The SMILES string of the molecule is C#Cc1ccc(CO[Si](C)(C)CC2CC[C@H]3C[C@@H]2C3(C)C)cc1. The fourth-order valence-corrected chi connectivity index (χ4v) is 7.30. The first-order chi connectivity index (χ1) is 10.8. The fraction of sp³-hybridized carbons (Fsp3) is 0.619. The Hall–Kier alpha value is -1.04. The van der Waals surface area contributed by atoms with Gasteiger partial charge in [-0.25, -0.2) is 0 Å². The molecule has 1 aromatic carbocycles. The summed E-state index contributed by atoms with van der Waals surface area (Å²) in [7, 11) is -1.62. The van der Waals surface area contributed by atoms with Gasteiger partial charge in [0.2, 0.25) is 0 Å². The van der Waals surface area contributed by atoms with Crippen molar-refractivity contribution in [3.63, 3.8) is 0 Å². The summed E-state index contributed by atoms with van der Waals surface area (Å²) >= 11 is 0. The summed E-state index contributed by atoms with van der Waals surface area (Å²) in [6.07, 6.45) is 9.74. The average molecular weight is 327 g/mol. The quantitative estimate of drug-likeness (QED) is 0.515. The zero-order valence-corrected chi connectivity index (χ0v) is 16.1. The Morgan fingerprint density at radius 1 is 1.22 bits per heavy atom. The molecule has 3 saturated carbocycles. The Labute approximate surface area is 143 Å². The first-order valence-corrected chi connectivity index (χ1v) is 12.1. The summed E-state index contributed by atoms with van der Waals surface area (Å²) in [4.78, 5) is 0. The Bertz CT molecular complexity index is 591. The summed E-state index contributed by atoms with van der Waals surface area (Å²) in [6, 6.07) is 9.52. The van der Waals surface area contributed by atoms with Crippen LogP contribution in [0.3, 0.4) is 0 Å². The second-order valence-electron chi connectivity index (χ2n) is 8.79. The lowest BCUT2D eigenvalue weighted by atomic mass is 9.46. The third kappa shape index (κ3) is 3.42. The summed E-state index contributed by atoms with van der Waals surface area (Å²) in [6.45, 7) is 10.5. The Morgan fingerprint density at radius 2 is 1.91 bits per heavy atom. The predicted octanol–water partition coefficient (Wildman–Crippen LogP) is 5.46. The van der Waals surface area contributed by atoms with Crippen molar-refractivity contribution < 1.29 is 4.43 Å². The Morgan fingerprint density at radius 3 is 2.48 bits per heavy atom. The van der Waals surface area contributed by atoms with E-state index in [9.17, 15) is 0 Å². The monoisotopic (exact) mass is 326 g/mol. The molecule has 3 fully saturated rings. The van der Waals surface area contributed by atoms with E-state index in [1.165, 1.54) is 30.9 Å². The summed E-state index contributed by atoms with van der Waals surface area (Å²) in [5, 5.41) is 0. The minimum atomic E-state index is -1.62. The van der Waals surface area contributed by atoms with Gasteiger partial charge in [-0.3, -0.25) is 0 Å². The second-order valence-corrected chi connectivity index (χ2v) is 13.0. The molecule has 2 heteroatoms. The van der Waals surface area contributed by atoms with E-state index >= 15 is 0 Å². The van der Waals surface area contributed by atoms with E-state index < -0.39 is 8.32 Å². The highest BCUT2D eigenvalue weighted by Gasteiger charge is 2.54. The molecule has 0 aliphatic heterocycles. The molecule has 0 aromatic heterocycles. The third-order valence-corrected chi connectivity index (χ3v) is 8.94. The van der Waals surface area contributed by atoms with Crippen molar-refractivity contribution in [2.45, 2.75) is 58.9 Å². The molecule has 23 heavy (non-hydrogen) atoms. The van der Waals surface area contributed by atoms with E-state index in [1.54, 1.807) is 0 Å². The second kappa shape index (κ2) is 6.11. The van der Waals surface area contributed by atoms with E-state index in [1.807, 2.05) is 12.1 Å². The van der Waals surface area contributed by atoms with Gasteiger partial charge in [-0.2, -0.15) is 0 Å². The highest BCUT2D eigenvalue weighted by molar-refractivity contribution is 6.71. The van der Waals surface area contributed by atoms with Crippen LogP contribution in [0.5, 0.6) is 0 Å². The van der Waals surface area contributed by atoms with Gasteiger partial charge in [-0.05, 0) is 72.8 Å². The molecule has 3 aliphatic rings. The standard InChI is InChI=1S/C21H30OSi/c1-6-16-7-9-17(10-8-16)14-22-23(4,5)15-18-11-12-19-13-20(18)21(19,2)3/h1,7-10,18-20H,11-15H2,2-5H3/t18?,19-,20-/m0/s1. The molecule has 1 unspecified atom stereocenters. The fourth-order valence-electron chi connectivity index (χ4n) is 4.87. The zero-order valence-electron chi connectivity index (χ0n) is 15.1. The van der Waals surface area contributed by atoms with Crippen LogP contribution in [0.25, 0.3) is 0 Å². The van der Waals surface area contributed by atoms with Crippen molar-refractivity contribution in [3.8, 4) is 12.3 Å². The zero-order chi connectivity index (χ0) is 16.7. The van der Waals surface area contributed by atoms with E-state index in [0.717, 1.165) is 29.9 Å². The van der Waals surface area contributed by atoms with Crippen molar-refractivity contribution >= 4 is 8.32 Å². The normalized spacial score (nSPS) is 28.7. The largest absolute Gasteiger partial charge is 0.413 e. The van der Waals surface area contributed by atoms with Gasteiger partial charge >= 0.3 is 0 Å². The molecule has 3 atom stereocenters. The lowest BCUT2D eigenvalue weighted by Crippen LogP contribution is -2.53. The molecule has 0 heterocycles. The maximum Gasteiger partial charge on any atom is 0.187 e. The third-order valence-electron chi connectivity index (χ3n) is 6.51. The Balaban J connectivity index is 1.55. The molecule has 1 aromatic rings. The maximum absolute atomic E-state index is 6.41. The number of fused-ring (bicyclic) bond motifs is 2. The minimum absolute atomic E-state index is 0.582. The molecule has 2 bridgehead atoms. The smallest absolute Gasteiger partial charge is 0.187 e. The lowest BCUT2D eigenvalue weighted by molar-refractivity contribution is -0.0998. The topological polar surface area (TPSA) is 9.23 Å². The Kier molecular flexibility index (Phi) is 4.46. The van der Waals surface area contributed by atoms with Crippen LogP contribution < -0.4 is 0 Å². The van der Waals surface area contributed by atoms with Crippen LogP contribution in [0.1, 0.15) is 44.2 Å². The van der Waals surface area contributed by atoms with Crippen molar-refractivity contribution in [3.05, 3.63) is 35.4 Å². The lowest BCUT2D eigenvalue weighted by Gasteiger charge is -2.61. The molecule has 0 saturated heterocycles. The van der Waals surface area contributed by atoms with Crippen LogP contribution in [0.2, 0.25) is 19.1 Å². The molecule has 0 amide bonds. The van der Waals surface area contributed by atoms with Gasteiger partial charge in [0.1, 0.15) is 0 Å². The van der Waals surface area contributed by atoms with Gasteiger partial charge in [0, 0.05) is 5.56 Å². The first kappa shape index (κ1) is 16.8. The van der Waals surface area contributed by atoms with Crippen molar-refractivity contribution in [2.75, 3.05) is 0 Å². The molecule has 0 radical (unpaired) electrons. The van der Waals surface area contributed by atoms with Crippen LogP contribution in [-0.4, -0.2) is 8.32 Å². The molecule has 1 nitrogen and oxygen atoms in total. The molecule has 4 rings (SSSR count). The van der Waals surface area contributed by atoms with Crippen molar-refractivity contribution in [1.82, 2.24) is 0 Å². The van der Waals surface area contributed by atoms with Gasteiger partial charge < -0.3 is 4.43 Å². The van der Waals surface area contributed by atoms with Crippen molar-refractivity contribution in [1.29, 1.82) is 0 Å². The van der Waals surface area contributed by atoms with Gasteiger partial charge in [0.25, 0.3) is 0 Å². The van der Waals surface area contributed by atoms with Crippen LogP contribution >= 0.6 is 0 Å². The average Bonchev–Trinajstić information content (AvgIpc) is 2.53. The highest BCUT2D eigenvalue weighted by atomic mass is 28.4. The number of hydrogen-bond donors (Lipinski definition) is 0. The molecular weight excluding hydrogens is 296 g/mol. The van der Waals surface area contributed by atoms with Gasteiger partial charge in [0.15, 0.2) is 8.32 Å². The molecule has 124 valence electrons. The van der Waals surface area contributed by atoms with E-state index in [0.29, 0.717) is 5.41 Å². The van der Waals surface area contributed by atoms with Gasteiger partial charge in [-0.15, -0.1) is 6.42 Å². The molecule has 3 aliphatic carbocycles. The van der Waals surface area contributed by atoms with Gasteiger partial charge in [-0.1, -0.05) is 38.3 Å². The van der Waals surface area contributed by atoms with Gasteiger partial charge in [0.05, 0.1) is 6.61 Å². The van der Waals surface area contributed by atoms with Crippen molar-refractivity contribution in [2.24, 2.45) is 23.2 Å². The summed E-state index contributed by atoms with van der Waals surface area (Å²) in [5.74, 6) is 5.48. The summed E-state index contributed by atoms with van der Waals surface area (Å²) in [5.41, 5.74) is 2.75. The number of hydrogen-bond acceptors (Lipinski definition) is 1. The van der Waals surface area contributed by atoms with E-state index in [4.69, 9.17) is 10.8 Å². The minimum Gasteiger partial charge on any atom is -0.413 e. The van der Waals surface area contributed by atoms with E-state index in [2.05, 4.69) is 45.0 Å². The van der Waals surface area contributed by atoms with Crippen LogP contribution in [0, 0.1) is 35.5 Å². The maximum atomic E-state index is 6.41. The predicted molar refractivity (Wildman–Crippen MR) is 99.6 cm³/mol. The molecule has 0 spiro atoms. The van der Waals surface area contributed by atoms with Crippen LogP contribution in [-0.2, 0) is 11.0 Å². The molecular formula is C21H30OSi. The molecule has 0 N–H and O–H groups in total. The summed E-state index contributed by atoms with van der Waals surface area (Å²) < 4.78 is 6.41. The van der Waals surface area contributed by atoms with Crippen LogP contribution in [0.4, 0.5) is 0 Å². The van der Waals surface area contributed by atoms with E-state index in [-0.39, 0.29) is 0 Å². The number of rotatable bonds is 5. The highest BCUT2D eigenvalue weighted by Crippen LogP contribution is 2.62. The number of terminal acetylenes is 1.